The van der Waals surface area contributed by atoms with Crippen molar-refractivity contribution in [3.8, 4) is 0 Å². The number of benzene rings is 1. The van der Waals surface area contributed by atoms with Gasteiger partial charge in [-0.05, 0) is 44.0 Å². The van der Waals surface area contributed by atoms with Crippen molar-refractivity contribution in [2.45, 2.75) is 37.5 Å². The highest BCUT2D eigenvalue weighted by atomic mass is 32.2. The predicted octanol–water partition coefficient (Wildman–Crippen LogP) is 1.79. The van der Waals surface area contributed by atoms with Crippen LogP contribution >= 0.6 is 0 Å². The third kappa shape index (κ3) is 5.16. The number of unbranched alkanes of at least 4 members (excludes halogenated alkanes) is 3. The van der Waals surface area contributed by atoms with Gasteiger partial charge >= 0.3 is 0 Å². The summed E-state index contributed by atoms with van der Waals surface area (Å²) in [7, 11) is -3.35. The quantitative estimate of drug-likeness (QED) is 0.707. The Morgan fingerprint density at radius 1 is 1.17 bits per heavy atom. The summed E-state index contributed by atoms with van der Waals surface area (Å²) in [5.74, 6) is 0. The summed E-state index contributed by atoms with van der Waals surface area (Å²) in [6, 6.07) is 6.93. The van der Waals surface area contributed by atoms with Crippen LogP contribution in [0.4, 0.5) is 0 Å². The lowest BCUT2D eigenvalue weighted by Crippen LogP contribution is -2.24. The molecule has 0 radical (unpaired) electrons. The topological polar surface area (TPSA) is 72.2 Å². The average Bonchev–Trinajstić information content (AvgIpc) is 2.33. The minimum Gasteiger partial charge on any atom is -0.330 e. The molecule has 18 heavy (non-hydrogen) atoms. The molecule has 0 aliphatic rings. The van der Waals surface area contributed by atoms with Gasteiger partial charge in [-0.1, -0.05) is 25.0 Å². The normalized spacial score (nSPS) is 11.7. The van der Waals surface area contributed by atoms with E-state index in [1.54, 1.807) is 18.2 Å². The number of aryl methyl sites for hydroxylation is 1. The first kappa shape index (κ1) is 15.1. The molecule has 0 saturated carbocycles. The van der Waals surface area contributed by atoms with Gasteiger partial charge in [0.15, 0.2) is 0 Å². The maximum Gasteiger partial charge on any atom is 0.240 e. The largest absolute Gasteiger partial charge is 0.330 e. The van der Waals surface area contributed by atoms with Crippen LogP contribution in [0.5, 0.6) is 0 Å². The number of sulfonamides is 1. The molecule has 0 saturated heterocycles. The maximum absolute atomic E-state index is 11.9. The third-order valence-corrected chi connectivity index (χ3v) is 4.18. The minimum absolute atomic E-state index is 0.337. The molecule has 0 bridgehead atoms. The minimum atomic E-state index is -3.35. The van der Waals surface area contributed by atoms with Gasteiger partial charge in [0.2, 0.25) is 10.0 Å². The van der Waals surface area contributed by atoms with Crippen LogP contribution in [-0.2, 0) is 10.0 Å². The monoisotopic (exact) mass is 270 g/mol. The zero-order valence-corrected chi connectivity index (χ0v) is 11.7. The number of hydrogen-bond acceptors (Lipinski definition) is 3. The number of nitrogens with one attached hydrogen (secondary N) is 1. The van der Waals surface area contributed by atoms with Crippen molar-refractivity contribution in [2.24, 2.45) is 5.73 Å². The summed E-state index contributed by atoms with van der Waals surface area (Å²) in [6.45, 7) is 3.07. The van der Waals surface area contributed by atoms with Crippen LogP contribution < -0.4 is 10.5 Å². The summed E-state index contributed by atoms with van der Waals surface area (Å²) in [5, 5.41) is 0. The Morgan fingerprint density at radius 2 is 1.89 bits per heavy atom. The Labute approximate surface area is 110 Å². The first-order chi connectivity index (χ1) is 8.56. The molecule has 1 rings (SSSR count). The molecule has 0 unspecified atom stereocenters. The summed E-state index contributed by atoms with van der Waals surface area (Å²) in [5.41, 5.74) is 6.34. The van der Waals surface area contributed by atoms with Crippen LogP contribution in [0.25, 0.3) is 0 Å². The number of rotatable bonds is 8. The summed E-state index contributed by atoms with van der Waals surface area (Å²) >= 11 is 0. The van der Waals surface area contributed by atoms with E-state index in [1.165, 1.54) is 0 Å². The van der Waals surface area contributed by atoms with Crippen molar-refractivity contribution in [3.05, 3.63) is 29.8 Å². The second-order valence-electron chi connectivity index (χ2n) is 4.42. The van der Waals surface area contributed by atoms with Gasteiger partial charge < -0.3 is 5.73 Å². The molecule has 1 aromatic carbocycles. The molecule has 0 aliphatic carbocycles. The second-order valence-corrected chi connectivity index (χ2v) is 6.18. The van der Waals surface area contributed by atoms with Gasteiger partial charge in [-0.25, -0.2) is 13.1 Å². The van der Waals surface area contributed by atoms with Crippen molar-refractivity contribution >= 4 is 10.0 Å². The molecule has 0 aromatic heterocycles. The Hall–Kier alpha value is -0.910. The molecule has 3 N–H and O–H groups in total. The molecule has 4 nitrogen and oxygen atoms in total. The van der Waals surface area contributed by atoms with Crippen LogP contribution in [0.3, 0.4) is 0 Å². The molecular weight excluding hydrogens is 248 g/mol. The van der Waals surface area contributed by atoms with Gasteiger partial charge in [0.25, 0.3) is 0 Å². The first-order valence-corrected chi connectivity index (χ1v) is 7.81. The van der Waals surface area contributed by atoms with E-state index in [4.69, 9.17) is 5.73 Å². The molecule has 0 atom stereocenters. The summed E-state index contributed by atoms with van der Waals surface area (Å²) in [6.07, 6.45) is 3.92. The van der Waals surface area contributed by atoms with E-state index in [9.17, 15) is 8.42 Å². The number of hydrogen-bond donors (Lipinski definition) is 2. The smallest absolute Gasteiger partial charge is 0.240 e. The molecule has 102 valence electrons. The lowest BCUT2D eigenvalue weighted by Gasteiger charge is -2.07. The van der Waals surface area contributed by atoms with Gasteiger partial charge in [-0.2, -0.15) is 0 Å². The van der Waals surface area contributed by atoms with E-state index >= 15 is 0 Å². The lowest BCUT2D eigenvalue weighted by atomic mass is 10.2. The highest BCUT2D eigenvalue weighted by molar-refractivity contribution is 7.89. The summed E-state index contributed by atoms with van der Waals surface area (Å²) in [4.78, 5) is 0.337. The van der Waals surface area contributed by atoms with Gasteiger partial charge in [0.1, 0.15) is 0 Å². The Balaban J connectivity index is 2.41. The van der Waals surface area contributed by atoms with E-state index in [0.717, 1.165) is 31.2 Å². The fourth-order valence-electron chi connectivity index (χ4n) is 1.70. The number of nitrogens with two attached hydrogens (primary N) is 1. The van der Waals surface area contributed by atoms with E-state index in [2.05, 4.69) is 4.72 Å². The summed E-state index contributed by atoms with van der Waals surface area (Å²) < 4.78 is 26.5. The first-order valence-electron chi connectivity index (χ1n) is 6.32. The molecule has 0 amide bonds. The molecule has 5 heteroatoms. The molecule has 0 spiro atoms. The van der Waals surface area contributed by atoms with Crippen molar-refractivity contribution in [3.63, 3.8) is 0 Å². The Bertz CT molecular complexity index is 458. The van der Waals surface area contributed by atoms with E-state index < -0.39 is 10.0 Å². The van der Waals surface area contributed by atoms with Crippen LogP contribution in [0.2, 0.25) is 0 Å². The second kappa shape index (κ2) is 7.51. The van der Waals surface area contributed by atoms with Gasteiger partial charge in [-0.15, -0.1) is 0 Å². The van der Waals surface area contributed by atoms with Gasteiger partial charge in [0, 0.05) is 6.54 Å². The highest BCUT2D eigenvalue weighted by Crippen LogP contribution is 2.10. The zero-order chi connectivity index (χ0) is 13.4. The van der Waals surface area contributed by atoms with Crippen molar-refractivity contribution < 1.29 is 8.42 Å². The Kier molecular flexibility index (Phi) is 6.32. The fraction of sp³-hybridized carbons (Fsp3) is 0.538. The van der Waals surface area contributed by atoms with E-state index in [1.807, 2.05) is 13.0 Å². The van der Waals surface area contributed by atoms with Crippen LogP contribution in [0, 0.1) is 6.92 Å². The SMILES string of the molecule is Cc1cccc(S(=O)(=O)NCCCCCCN)c1. The average molecular weight is 270 g/mol. The van der Waals surface area contributed by atoms with Gasteiger partial charge in [-0.3, -0.25) is 0 Å². The van der Waals surface area contributed by atoms with Crippen molar-refractivity contribution in [1.29, 1.82) is 0 Å². The van der Waals surface area contributed by atoms with E-state index in [-0.39, 0.29) is 0 Å². The molecule has 0 heterocycles. The predicted molar refractivity (Wildman–Crippen MR) is 73.9 cm³/mol. The van der Waals surface area contributed by atoms with Crippen molar-refractivity contribution in [1.82, 2.24) is 4.72 Å². The zero-order valence-electron chi connectivity index (χ0n) is 10.9. The van der Waals surface area contributed by atoms with Crippen LogP contribution in [-0.4, -0.2) is 21.5 Å². The Morgan fingerprint density at radius 3 is 2.56 bits per heavy atom. The lowest BCUT2D eigenvalue weighted by molar-refractivity contribution is 0.572. The van der Waals surface area contributed by atoms with Crippen LogP contribution in [0.1, 0.15) is 31.2 Å². The van der Waals surface area contributed by atoms with Gasteiger partial charge in [0.05, 0.1) is 4.90 Å². The molecule has 0 aliphatic heterocycles. The fourth-order valence-corrected chi connectivity index (χ4v) is 2.87. The standard InChI is InChI=1S/C13H22N2O2S/c1-12-7-6-8-13(11-12)18(16,17)15-10-5-3-2-4-9-14/h6-8,11,15H,2-5,9-10,14H2,1H3. The molecular formula is C13H22N2O2S. The highest BCUT2D eigenvalue weighted by Gasteiger charge is 2.12. The van der Waals surface area contributed by atoms with Crippen molar-refractivity contribution in [2.75, 3.05) is 13.1 Å². The van der Waals surface area contributed by atoms with E-state index in [0.29, 0.717) is 18.0 Å². The molecule has 0 fully saturated rings. The third-order valence-electron chi connectivity index (χ3n) is 2.72. The molecule has 1 aromatic rings. The maximum atomic E-state index is 11.9. The van der Waals surface area contributed by atoms with Crippen LogP contribution in [0.15, 0.2) is 29.2 Å².